The van der Waals surface area contributed by atoms with Crippen LogP contribution in [0.3, 0.4) is 0 Å². The number of nitrogens with two attached hydrogens (primary N) is 1. The van der Waals surface area contributed by atoms with Crippen molar-refractivity contribution >= 4 is 21.6 Å². The minimum Gasteiger partial charge on any atom is -0.398 e. The second-order valence-electron chi connectivity index (χ2n) is 4.51. The first-order valence-electron chi connectivity index (χ1n) is 5.75. The Morgan fingerprint density at radius 1 is 1.39 bits per heavy atom. The maximum atomic E-state index is 5.87. The van der Waals surface area contributed by atoms with Crippen molar-refractivity contribution in [3.63, 3.8) is 0 Å². The fourth-order valence-electron chi connectivity index (χ4n) is 1.93. The van der Waals surface area contributed by atoms with E-state index in [1.54, 1.807) is 0 Å². The Labute approximate surface area is 116 Å². The van der Waals surface area contributed by atoms with Gasteiger partial charge in [0.15, 0.2) is 0 Å². The minimum atomic E-state index is 0.780. The molecule has 0 aliphatic carbocycles. The monoisotopic (exact) mass is 308 g/mol. The molecule has 96 valence electrons. The molecular weight excluding hydrogens is 292 g/mol. The molecule has 0 spiro atoms. The largest absolute Gasteiger partial charge is 0.398 e. The predicted octanol–water partition coefficient (Wildman–Crippen LogP) is 2.40. The van der Waals surface area contributed by atoms with Gasteiger partial charge in [-0.3, -0.25) is 9.58 Å². The zero-order valence-corrected chi connectivity index (χ0v) is 12.2. The van der Waals surface area contributed by atoms with Crippen molar-refractivity contribution in [2.24, 2.45) is 7.05 Å². The first-order valence-corrected chi connectivity index (χ1v) is 6.54. The van der Waals surface area contributed by atoms with Gasteiger partial charge in [-0.1, -0.05) is 12.1 Å². The molecule has 0 saturated heterocycles. The summed E-state index contributed by atoms with van der Waals surface area (Å²) >= 11 is 3.53. The Hall–Kier alpha value is -1.33. The normalized spacial score (nSPS) is 11.1. The van der Waals surface area contributed by atoms with Crippen LogP contribution in [0.5, 0.6) is 0 Å². The SMILES string of the molecule is CN(Cc1cnn(C)c1)Cc1cccc(N)c1Br. The highest BCUT2D eigenvalue weighted by Gasteiger charge is 2.07. The van der Waals surface area contributed by atoms with E-state index < -0.39 is 0 Å². The molecular formula is C13H17BrN4. The van der Waals surface area contributed by atoms with E-state index in [2.05, 4.69) is 39.0 Å². The lowest BCUT2D eigenvalue weighted by molar-refractivity contribution is 0.318. The lowest BCUT2D eigenvalue weighted by atomic mass is 10.2. The fraction of sp³-hybridized carbons (Fsp3) is 0.308. The van der Waals surface area contributed by atoms with E-state index in [9.17, 15) is 0 Å². The van der Waals surface area contributed by atoms with Crippen LogP contribution in [0.15, 0.2) is 35.1 Å². The molecule has 2 aromatic rings. The second kappa shape index (κ2) is 5.54. The zero-order chi connectivity index (χ0) is 13.1. The summed E-state index contributed by atoms with van der Waals surface area (Å²) in [6.07, 6.45) is 3.93. The number of benzene rings is 1. The van der Waals surface area contributed by atoms with Crippen LogP contribution in [0.4, 0.5) is 5.69 Å². The van der Waals surface area contributed by atoms with Gasteiger partial charge in [0, 0.05) is 42.1 Å². The standard InChI is InChI=1S/C13H17BrN4/c1-17(7-10-6-16-18(2)8-10)9-11-4-3-5-12(15)13(11)14/h3-6,8H,7,9,15H2,1-2H3. The number of rotatable bonds is 4. The van der Waals surface area contributed by atoms with E-state index in [-0.39, 0.29) is 0 Å². The highest BCUT2D eigenvalue weighted by Crippen LogP contribution is 2.24. The second-order valence-corrected chi connectivity index (χ2v) is 5.31. The van der Waals surface area contributed by atoms with Crippen LogP contribution in [0.1, 0.15) is 11.1 Å². The average molecular weight is 309 g/mol. The van der Waals surface area contributed by atoms with Crippen LogP contribution in [-0.4, -0.2) is 21.7 Å². The van der Waals surface area contributed by atoms with Gasteiger partial charge in [0.1, 0.15) is 0 Å². The van der Waals surface area contributed by atoms with E-state index in [1.807, 2.05) is 36.3 Å². The summed E-state index contributed by atoms with van der Waals surface area (Å²) in [4.78, 5) is 2.23. The summed E-state index contributed by atoms with van der Waals surface area (Å²) < 4.78 is 2.81. The highest BCUT2D eigenvalue weighted by molar-refractivity contribution is 9.10. The third-order valence-corrected chi connectivity index (χ3v) is 3.73. The third-order valence-electron chi connectivity index (χ3n) is 2.76. The fourth-order valence-corrected chi connectivity index (χ4v) is 2.32. The van der Waals surface area contributed by atoms with Crippen molar-refractivity contribution in [3.8, 4) is 0 Å². The van der Waals surface area contributed by atoms with Gasteiger partial charge in [-0.2, -0.15) is 5.10 Å². The summed E-state index contributed by atoms with van der Waals surface area (Å²) in [5.74, 6) is 0. The Morgan fingerprint density at radius 3 is 2.83 bits per heavy atom. The van der Waals surface area contributed by atoms with Crippen molar-refractivity contribution in [3.05, 3.63) is 46.2 Å². The zero-order valence-electron chi connectivity index (χ0n) is 10.6. The molecule has 0 atom stereocenters. The van der Waals surface area contributed by atoms with Crippen molar-refractivity contribution in [2.75, 3.05) is 12.8 Å². The molecule has 0 amide bonds. The number of hydrogen-bond acceptors (Lipinski definition) is 3. The molecule has 2 N–H and O–H groups in total. The number of nitrogens with zero attached hydrogens (tertiary/aromatic N) is 3. The molecule has 0 radical (unpaired) electrons. The summed E-state index contributed by atoms with van der Waals surface area (Å²) in [5, 5.41) is 4.17. The molecule has 0 aliphatic rings. The molecule has 4 nitrogen and oxygen atoms in total. The molecule has 0 unspecified atom stereocenters. The predicted molar refractivity (Wildman–Crippen MR) is 76.9 cm³/mol. The van der Waals surface area contributed by atoms with E-state index in [0.29, 0.717) is 0 Å². The molecule has 1 heterocycles. The molecule has 1 aromatic heterocycles. The van der Waals surface area contributed by atoms with Gasteiger partial charge < -0.3 is 5.73 Å². The van der Waals surface area contributed by atoms with Gasteiger partial charge in [0.05, 0.1) is 6.20 Å². The Morgan fingerprint density at radius 2 is 2.17 bits per heavy atom. The first-order chi connectivity index (χ1) is 8.56. The van der Waals surface area contributed by atoms with Gasteiger partial charge in [-0.05, 0) is 34.6 Å². The van der Waals surface area contributed by atoms with Crippen LogP contribution in [-0.2, 0) is 20.1 Å². The number of anilines is 1. The third kappa shape index (κ3) is 3.11. The van der Waals surface area contributed by atoms with Gasteiger partial charge in [0.2, 0.25) is 0 Å². The van der Waals surface area contributed by atoms with Gasteiger partial charge in [-0.15, -0.1) is 0 Å². The molecule has 0 saturated carbocycles. The number of aromatic nitrogens is 2. The summed E-state index contributed by atoms with van der Waals surface area (Å²) in [5.41, 5.74) is 9.06. The molecule has 1 aromatic carbocycles. The van der Waals surface area contributed by atoms with Gasteiger partial charge >= 0.3 is 0 Å². The minimum absolute atomic E-state index is 0.780. The topological polar surface area (TPSA) is 47.1 Å². The van der Waals surface area contributed by atoms with Crippen LogP contribution >= 0.6 is 15.9 Å². The average Bonchev–Trinajstić information content (AvgIpc) is 2.70. The number of halogens is 1. The number of nitrogen functional groups attached to an aromatic ring is 1. The molecule has 18 heavy (non-hydrogen) atoms. The van der Waals surface area contributed by atoms with E-state index in [1.165, 1.54) is 11.1 Å². The van der Waals surface area contributed by atoms with Crippen LogP contribution in [0.25, 0.3) is 0 Å². The van der Waals surface area contributed by atoms with Crippen molar-refractivity contribution in [1.82, 2.24) is 14.7 Å². The maximum Gasteiger partial charge on any atom is 0.0534 e. The molecule has 0 bridgehead atoms. The lowest BCUT2D eigenvalue weighted by Crippen LogP contribution is -2.17. The number of aryl methyl sites for hydroxylation is 1. The van der Waals surface area contributed by atoms with Crippen LogP contribution in [0, 0.1) is 0 Å². The van der Waals surface area contributed by atoms with E-state index >= 15 is 0 Å². The summed E-state index contributed by atoms with van der Waals surface area (Å²) in [7, 11) is 4.01. The maximum absolute atomic E-state index is 5.87. The van der Waals surface area contributed by atoms with Crippen LogP contribution < -0.4 is 5.73 Å². The van der Waals surface area contributed by atoms with Crippen LogP contribution in [0.2, 0.25) is 0 Å². The van der Waals surface area contributed by atoms with Crippen molar-refractivity contribution in [2.45, 2.75) is 13.1 Å². The quantitative estimate of drug-likeness (QED) is 0.882. The Bertz CT molecular complexity index is 536. The first kappa shape index (κ1) is 13.1. The van der Waals surface area contributed by atoms with E-state index in [4.69, 9.17) is 5.73 Å². The summed E-state index contributed by atoms with van der Waals surface area (Å²) in [6, 6.07) is 5.96. The summed E-state index contributed by atoms with van der Waals surface area (Å²) in [6.45, 7) is 1.72. The molecule has 5 heteroatoms. The van der Waals surface area contributed by atoms with Gasteiger partial charge in [-0.25, -0.2) is 0 Å². The number of hydrogen-bond donors (Lipinski definition) is 1. The molecule has 2 rings (SSSR count). The van der Waals surface area contributed by atoms with E-state index in [0.717, 1.165) is 23.2 Å². The van der Waals surface area contributed by atoms with Crippen molar-refractivity contribution < 1.29 is 0 Å². The Balaban J connectivity index is 2.03. The Kier molecular flexibility index (Phi) is 4.04. The highest BCUT2D eigenvalue weighted by atomic mass is 79.9. The van der Waals surface area contributed by atoms with Gasteiger partial charge in [0.25, 0.3) is 0 Å². The lowest BCUT2D eigenvalue weighted by Gasteiger charge is -2.17. The van der Waals surface area contributed by atoms with Crippen molar-refractivity contribution in [1.29, 1.82) is 0 Å². The molecule has 0 fully saturated rings. The smallest absolute Gasteiger partial charge is 0.0534 e. The molecule has 0 aliphatic heterocycles.